The van der Waals surface area contributed by atoms with Crippen LogP contribution in [0.1, 0.15) is 0 Å². The van der Waals surface area contributed by atoms with Crippen molar-refractivity contribution >= 4 is 11.6 Å². The van der Waals surface area contributed by atoms with Gasteiger partial charge in [0.15, 0.2) is 0 Å². The molecule has 0 spiro atoms. The fraction of sp³-hybridized carbons (Fsp3) is 0. The third-order valence-corrected chi connectivity index (χ3v) is 0.756. The summed E-state index contributed by atoms with van der Waals surface area (Å²) in [5.41, 5.74) is 0. The van der Waals surface area contributed by atoms with Crippen LogP contribution in [-0.2, 0) is 29.1 Å². The van der Waals surface area contributed by atoms with Gasteiger partial charge in [-0.3, -0.25) is 0 Å². The van der Waals surface area contributed by atoms with Crippen LogP contribution in [0.4, 0.5) is 0 Å². The van der Waals surface area contributed by atoms with Gasteiger partial charge in [0, 0.05) is 19.5 Å². The van der Waals surface area contributed by atoms with E-state index in [0.717, 1.165) is 6.08 Å². The molecule has 0 fully saturated rings. The third kappa shape index (κ3) is 2.47. The maximum Gasteiger partial charge on any atom is 0.0676 e. The molecule has 0 unspecified atom stereocenters. The summed E-state index contributed by atoms with van der Waals surface area (Å²) in [5, 5.41) is 0. The topological polar surface area (TPSA) is 34.1 Å². The van der Waals surface area contributed by atoms with Crippen molar-refractivity contribution in [3.8, 4) is 0 Å². The SMILES string of the molecule is O=C1[C-]=CC(=O)C=C1.[Rh]. The van der Waals surface area contributed by atoms with Crippen LogP contribution in [-0.4, -0.2) is 11.6 Å². The van der Waals surface area contributed by atoms with Crippen LogP contribution in [0.25, 0.3) is 0 Å². The van der Waals surface area contributed by atoms with Crippen LogP contribution in [0.3, 0.4) is 0 Å². The molecular formula is C6H3O2Rh-. The van der Waals surface area contributed by atoms with Gasteiger partial charge < -0.3 is 9.59 Å². The molecule has 1 radical (unpaired) electrons. The number of allylic oxidation sites excluding steroid dienone is 4. The van der Waals surface area contributed by atoms with E-state index in [2.05, 4.69) is 6.08 Å². The van der Waals surface area contributed by atoms with Crippen LogP contribution in [0.2, 0.25) is 0 Å². The number of hydrogen-bond donors (Lipinski definition) is 0. The molecule has 0 saturated heterocycles. The molecule has 1 aliphatic rings. The van der Waals surface area contributed by atoms with Gasteiger partial charge in [-0.1, -0.05) is 0 Å². The second-order valence-electron chi connectivity index (χ2n) is 1.39. The van der Waals surface area contributed by atoms with E-state index >= 15 is 0 Å². The zero-order valence-electron chi connectivity index (χ0n) is 4.38. The molecule has 9 heavy (non-hydrogen) atoms. The maximum absolute atomic E-state index is 10.3. The molecule has 0 aliphatic heterocycles. The fourth-order valence-corrected chi connectivity index (χ4v) is 0.396. The Bertz CT molecular complexity index is 153. The Kier molecular flexibility index (Phi) is 3.25. The van der Waals surface area contributed by atoms with Gasteiger partial charge in [-0.05, 0) is 0 Å². The quantitative estimate of drug-likeness (QED) is 0.321. The summed E-state index contributed by atoms with van der Waals surface area (Å²) in [6.45, 7) is 0. The average Bonchev–Trinajstić information content (AvgIpc) is 1.77. The molecule has 49 valence electrons. The van der Waals surface area contributed by atoms with Crippen molar-refractivity contribution in [2.45, 2.75) is 0 Å². The number of carbonyl (C=O) groups excluding carboxylic acids is 2. The Morgan fingerprint density at radius 3 is 2.22 bits per heavy atom. The Hall–Kier alpha value is -0.557. The fourth-order valence-electron chi connectivity index (χ4n) is 0.396. The maximum atomic E-state index is 10.3. The summed E-state index contributed by atoms with van der Waals surface area (Å²) in [6.07, 6.45) is 5.78. The second-order valence-corrected chi connectivity index (χ2v) is 1.39. The van der Waals surface area contributed by atoms with Gasteiger partial charge in [0.05, 0.1) is 11.6 Å². The molecule has 0 N–H and O–H groups in total. The number of rotatable bonds is 0. The van der Waals surface area contributed by atoms with Crippen LogP contribution in [0, 0.1) is 6.08 Å². The van der Waals surface area contributed by atoms with Gasteiger partial charge >= 0.3 is 0 Å². The number of hydrogen-bond acceptors (Lipinski definition) is 2. The van der Waals surface area contributed by atoms with Gasteiger partial charge in [-0.15, -0.1) is 24.3 Å². The molecule has 1 rings (SSSR count). The van der Waals surface area contributed by atoms with Crippen molar-refractivity contribution in [1.82, 2.24) is 0 Å². The predicted octanol–water partition coefficient (Wildman–Crippen LogP) is 0.0513. The van der Waals surface area contributed by atoms with Crippen molar-refractivity contribution in [3.63, 3.8) is 0 Å². The molecule has 0 aromatic heterocycles. The van der Waals surface area contributed by atoms with Crippen molar-refractivity contribution in [1.29, 1.82) is 0 Å². The van der Waals surface area contributed by atoms with Gasteiger partial charge in [-0.2, -0.15) is 0 Å². The van der Waals surface area contributed by atoms with Gasteiger partial charge in [0.1, 0.15) is 0 Å². The van der Waals surface area contributed by atoms with E-state index in [0.29, 0.717) is 0 Å². The molecule has 0 atom stereocenters. The second kappa shape index (κ2) is 3.47. The first-order chi connectivity index (χ1) is 3.79. The van der Waals surface area contributed by atoms with Crippen LogP contribution in [0.5, 0.6) is 0 Å². The third-order valence-electron chi connectivity index (χ3n) is 0.756. The molecule has 1 aliphatic carbocycles. The summed E-state index contributed by atoms with van der Waals surface area (Å²) in [4.78, 5) is 20.5. The van der Waals surface area contributed by atoms with E-state index in [1.165, 1.54) is 12.2 Å². The summed E-state index contributed by atoms with van der Waals surface area (Å²) in [6, 6.07) is 0. The summed E-state index contributed by atoms with van der Waals surface area (Å²) < 4.78 is 0. The molecule has 3 heteroatoms. The molecule has 0 bridgehead atoms. The first-order valence-corrected chi connectivity index (χ1v) is 2.15. The minimum absolute atomic E-state index is 0. The van der Waals surface area contributed by atoms with E-state index in [-0.39, 0.29) is 31.0 Å². The summed E-state index contributed by atoms with van der Waals surface area (Å²) in [7, 11) is 0. The Balaban J connectivity index is 0.000000640. The molecule has 0 amide bonds. The van der Waals surface area contributed by atoms with E-state index in [1.807, 2.05) is 0 Å². The normalized spacial score (nSPS) is 15.6. The van der Waals surface area contributed by atoms with Gasteiger partial charge in [0.2, 0.25) is 0 Å². The first kappa shape index (κ1) is 8.44. The van der Waals surface area contributed by atoms with Crippen molar-refractivity contribution < 1.29 is 29.1 Å². The minimum Gasteiger partial charge on any atom is -0.367 e. The predicted molar refractivity (Wildman–Crippen MR) is 27.0 cm³/mol. The summed E-state index contributed by atoms with van der Waals surface area (Å²) >= 11 is 0. The van der Waals surface area contributed by atoms with E-state index in [4.69, 9.17) is 0 Å². The minimum atomic E-state index is -0.246. The Morgan fingerprint density at radius 2 is 1.89 bits per heavy atom. The van der Waals surface area contributed by atoms with Crippen LogP contribution < -0.4 is 0 Å². The number of ketones is 2. The van der Waals surface area contributed by atoms with Gasteiger partial charge in [0.25, 0.3) is 0 Å². The van der Waals surface area contributed by atoms with Crippen molar-refractivity contribution in [2.75, 3.05) is 0 Å². The van der Waals surface area contributed by atoms with Gasteiger partial charge in [-0.25, -0.2) is 0 Å². The molecule has 0 aromatic carbocycles. The van der Waals surface area contributed by atoms with E-state index in [9.17, 15) is 9.59 Å². The molecule has 2 nitrogen and oxygen atoms in total. The number of carbonyl (C=O) groups is 2. The van der Waals surface area contributed by atoms with Crippen LogP contribution >= 0.6 is 0 Å². The van der Waals surface area contributed by atoms with E-state index < -0.39 is 0 Å². The Labute approximate surface area is 65.4 Å². The van der Waals surface area contributed by atoms with E-state index in [1.54, 1.807) is 0 Å². The monoisotopic (exact) mass is 210 g/mol. The standard InChI is InChI=1S/C6H3O2.Rh/c7-5-1-2-6(8)4-3-5;/h1-3H;/q-1;. The zero-order valence-corrected chi connectivity index (χ0v) is 6.02. The summed E-state index contributed by atoms with van der Waals surface area (Å²) in [5.74, 6) is -0.422. The average molecular weight is 210 g/mol. The first-order valence-electron chi connectivity index (χ1n) is 2.15. The largest absolute Gasteiger partial charge is 0.367 e. The van der Waals surface area contributed by atoms with Crippen molar-refractivity contribution in [3.05, 3.63) is 24.3 Å². The zero-order chi connectivity index (χ0) is 5.98. The van der Waals surface area contributed by atoms with Crippen molar-refractivity contribution in [2.24, 2.45) is 0 Å². The molecule has 0 aromatic rings. The molecule has 0 heterocycles. The molecular weight excluding hydrogens is 207 g/mol. The molecule has 0 saturated carbocycles. The Morgan fingerprint density at radius 1 is 1.22 bits per heavy atom. The van der Waals surface area contributed by atoms with Crippen LogP contribution in [0.15, 0.2) is 18.2 Å². The smallest absolute Gasteiger partial charge is 0.0676 e.